The van der Waals surface area contributed by atoms with Gasteiger partial charge in [-0.25, -0.2) is 0 Å². The van der Waals surface area contributed by atoms with Crippen LogP contribution in [0.15, 0.2) is 84.9 Å². The first-order valence-electron chi connectivity index (χ1n) is 11.2. The highest BCUT2D eigenvalue weighted by Crippen LogP contribution is 2.23. The molecule has 2 N–H and O–H groups in total. The number of carbonyl (C=O) groups is 1. The molecule has 0 bridgehead atoms. The van der Waals surface area contributed by atoms with Crippen molar-refractivity contribution in [2.45, 2.75) is 25.4 Å². The summed E-state index contributed by atoms with van der Waals surface area (Å²) < 4.78 is 0. The van der Waals surface area contributed by atoms with Gasteiger partial charge in [0.15, 0.2) is 5.78 Å². The molecule has 1 aliphatic rings. The summed E-state index contributed by atoms with van der Waals surface area (Å²) in [4.78, 5) is 13.6. The van der Waals surface area contributed by atoms with Crippen molar-refractivity contribution in [3.63, 3.8) is 0 Å². The fourth-order valence-electron chi connectivity index (χ4n) is 4.75. The van der Waals surface area contributed by atoms with Crippen molar-refractivity contribution >= 4 is 27.3 Å². The molecule has 1 saturated heterocycles. The van der Waals surface area contributed by atoms with E-state index in [1.165, 1.54) is 21.7 Å². The third kappa shape index (κ3) is 4.39. The Morgan fingerprint density at radius 1 is 0.806 bits per heavy atom. The minimum Gasteiger partial charge on any atom is -0.317 e. The molecule has 156 valence electrons. The Bertz CT molecular complexity index is 1210. The molecule has 4 aromatic carbocycles. The molecule has 0 amide bonds. The summed E-state index contributed by atoms with van der Waals surface area (Å²) >= 11 is 0. The molecule has 1 atom stereocenters. The van der Waals surface area contributed by atoms with Gasteiger partial charge in [-0.3, -0.25) is 4.79 Å². The fraction of sp³-hybridized carbons (Fsp3) is 0.250. The van der Waals surface area contributed by atoms with Gasteiger partial charge in [0, 0.05) is 12.1 Å². The van der Waals surface area contributed by atoms with Gasteiger partial charge in [-0.1, -0.05) is 72.8 Å². The molecule has 1 heterocycles. The van der Waals surface area contributed by atoms with E-state index < -0.39 is 0 Å². The SMILES string of the molecule is O=C(c1ccc2ccccc2c1)C(NCc1ccc2ccccc2c1)C1CCNCC1. The van der Waals surface area contributed by atoms with E-state index in [1.807, 2.05) is 24.3 Å². The number of hydrogen-bond acceptors (Lipinski definition) is 3. The molecular formula is C28H28N2O. The standard InChI is InChI=1S/C28H28N2O/c31-28(26-12-11-22-6-2-4-8-25(22)18-26)27(23-13-15-29-16-14-23)30-19-20-9-10-21-5-1-3-7-24(21)17-20/h1-12,17-18,23,27,29-30H,13-16,19H2. The average molecular weight is 409 g/mol. The molecule has 5 rings (SSSR count). The summed E-state index contributed by atoms with van der Waals surface area (Å²) in [5, 5.41) is 11.8. The average Bonchev–Trinajstić information content (AvgIpc) is 2.84. The highest BCUT2D eigenvalue weighted by atomic mass is 16.1. The van der Waals surface area contributed by atoms with Gasteiger partial charge in [0.2, 0.25) is 0 Å². The molecule has 0 aliphatic carbocycles. The summed E-state index contributed by atoms with van der Waals surface area (Å²) in [5.41, 5.74) is 2.01. The maximum atomic E-state index is 13.6. The van der Waals surface area contributed by atoms with Crippen molar-refractivity contribution in [2.24, 2.45) is 5.92 Å². The van der Waals surface area contributed by atoms with Gasteiger partial charge >= 0.3 is 0 Å². The van der Waals surface area contributed by atoms with Crippen molar-refractivity contribution in [3.05, 3.63) is 96.1 Å². The van der Waals surface area contributed by atoms with Gasteiger partial charge in [-0.2, -0.15) is 0 Å². The quantitative estimate of drug-likeness (QED) is 0.424. The Morgan fingerprint density at radius 2 is 1.42 bits per heavy atom. The van der Waals surface area contributed by atoms with E-state index in [4.69, 9.17) is 0 Å². The van der Waals surface area contributed by atoms with E-state index in [1.54, 1.807) is 0 Å². The monoisotopic (exact) mass is 408 g/mol. The highest BCUT2D eigenvalue weighted by Gasteiger charge is 2.30. The zero-order valence-corrected chi connectivity index (χ0v) is 17.7. The Balaban J connectivity index is 1.40. The Kier molecular flexibility index (Phi) is 5.79. The molecule has 0 spiro atoms. The number of nitrogens with one attached hydrogen (secondary N) is 2. The molecule has 31 heavy (non-hydrogen) atoms. The van der Waals surface area contributed by atoms with Crippen LogP contribution in [0.5, 0.6) is 0 Å². The van der Waals surface area contributed by atoms with Crippen molar-refractivity contribution in [3.8, 4) is 0 Å². The first kappa shape index (κ1) is 19.9. The number of rotatable bonds is 6. The number of hydrogen-bond donors (Lipinski definition) is 2. The van der Waals surface area contributed by atoms with Gasteiger partial charge < -0.3 is 10.6 Å². The van der Waals surface area contributed by atoms with E-state index in [0.717, 1.165) is 36.9 Å². The van der Waals surface area contributed by atoms with Crippen LogP contribution in [0.4, 0.5) is 0 Å². The minimum atomic E-state index is -0.172. The normalized spacial score (nSPS) is 15.9. The molecule has 0 saturated carbocycles. The molecule has 3 nitrogen and oxygen atoms in total. The Labute approximate surface area is 183 Å². The van der Waals surface area contributed by atoms with Gasteiger partial charge in [0.05, 0.1) is 6.04 Å². The molecule has 1 aliphatic heterocycles. The largest absolute Gasteiger partial charge is 0.317 e. The molecule has 0 aromatic heterocycles. The predicted molar refractivity (Wildman–Crippen MR) is 128 cm³/mol. The van der Waals surface area contributed by atoms with Crippen LogP contribution in [-0.4, -0.2) is 24.9 Å². The van der Waals surface area contributed by atoms with Gasteiger partial charge in [-0.05, 0) is 71.1 Å². The second kappa shape index (κ2) is 9.01. The maximum Gasteiger partial charge on any atom is 0.180 e. The molecular weight excluding hydrogens is 380 g/mol. The van der Waals surface area contributed by atoms with E-state index in [0.29, 0.717) is 12.5 Å². The van der Waals surface area contributed by atoms with Crippen LogP contribution in [-0.2, 0) is 6.54 Å². The predicted octanol–water partition coefficient (Wildman–Crippen LogP) is 5.33. The van der Waals surface area contributed by atoms with Crippen LogP contribution in [0, 0.1) is 5.92 Å². The Morgan fingerprint density at radius 3 is 2.13 bits per heavy atom. The molecule has 3 heteroatoms. The van der Waals surface area contributed by atoms with Crippen molar-refractivity contribution < 1.29 is 4.79 Å². The van der Waals surface area contributed by atoms with Crippen LogP contribution in [0.3, 0.4) is 0 Å². The Hall–Kier alpha value is -3.01. The van der Waals surface area contributed by atoms with Crippen LogP contribution in [0.2, 0.25) is 0 Å². The number of benzene rings is 4. The number of Topliss-reactive ketones (excluding diaryl/α,β-unsaturated/α-hetero) is 1. The van der Waals surface area contributed by atoms with E-state index >= 15 is 0 Å². The van der Waals surface area contributed by atoms with Crippen LogP contribution in [0.25, 0.3) is 21.5 Å². The molecule has 1 unspecified atom stereocenters. The molecule has 4 aromatic rings. The lowest BCUT2D eigenvalue weighted by atomic mass is 9.85. The third-order valence-corrected chi connectivity index (χ3v) is 6.51. The number of ketones is 1. The number of carbonyl (C=O) groups excluding carboxylic acids is 1. The van der Waals surface area contributed by atoms with Crippen molar-refractivity contribution in [2.75, 3.05) is 13.1 Å². The van der Waals surface area contributed by atoms with Gasteiger partial charge in [0.1, 0.15) is 0 Å². The molecule has 0 radical (unpaired) electrons. The maximum absolute atomic E-state index is 13.6. The summed E-state index contributed by atoms with van der Waals surface area (Å²) in [6.07, 6.45) is 2.05. The minimum absolute atomic E-state index is 0.172. The third-order valence-electron chi connectivity index (χ3n) is 6.51. The summed E-state index contributed by atoms with van der Waals surface area (Å²) in [5.74, 6) is 0.555. The van der Waals surface area contributed by atoms with Crippen LogP contribution in [0.1, 0.15) is 28.8 Å². The van der Waals surface area contributed by atoms with Crippen molar-refractivity contribution in [1.82, 2.24) is 10.6 Å². The van der Waals surface area contributed by atoms with Gasteiger partial charge in [-0.15, -0.1) is 0 Å². The van der Waals surface area contributed by atoms with Gasteiger partial charge in [0.25, 0.3) is 0 Å². The lowest BCUT2D eigenvalue weighted by molar-refractivity contribution is 0.0889. The smallest absolute Gasteiger partial charge is 0.180 e. The summed E-state index contributed by atoms with van der Waals surface area (Å²) in [7, 11) is 0. The second-order valence-corrected chi connectivity index (χ2v) is 8.55. The summed E-state index contributed by atoms with van der Waals surface area (Å²) in [6.45, 7) is 2.65. The van der Waals surface area contributed by atoms with Crippen LogP contribution >= 0.6 is 0 Å². The zero-order valence-electron chi connectivity index (χ0n) is 17.7. The zero-order chi connectivity index (χ0) is 21.0. The highest BCUT2D eigenvalue weighted by molar-refractivity contribution is 6.03. The van der Waals surface area contributed by atoms with E-state index in [-0.39, 0.29) is 11.8 Å². The second-order valence-electron chi connectivity index (χ2n) is 8.55. The van der Waals surface area contributed by atoms with Crippen molar-refractivity contribution in [1.29, 1.82) is 0 Å². The lowest BCUT2D eigenvalue weighted by Crippen LogP contribution is -2.46. The summed E-state index contributed by atoms with van der Waals surface area (Å²) in [6, 6.07) is 29.1. The number of piperidine rings is 1. The molecule has 1 fully saturated rings. The van der Waals surface area contributed by atoms with E-state index in [9.17, 15) is 4.79 Å². The first-order chi connectivity index (χ1) is 15.3. The lowest BCUT2D eigenvalue weighted by Gasteiger charge is -2.31. The van der Waals surface area contributed by atoms with Crippen LogP contribution < -0.4 is 10.6 Å². The van der Waals surface area contributed by atoms with E-state index in [2.05, 4.69) is 71.3 Å². The first-order valence-corrected chi connectivity index (χ1v) is 11.2. The fourth-order valence-corrected chi connectivity index (χ4v) is 4.75. The topological polar surface area (TPSA) is 41.1 Å². The number of fused-ring (bicyclic) bond motifs is 2.